The topological polar surface area (TPSA) is 170 Å². The highest BCUT2D eigenvalue weighted by atomic mass is 31.2. The van der Waals surface area contributed by atoms with Crippen molar-refractivity contribution in [3.05, 3.63) is 48.5 Å². The Bertz CT molecular complexity index is 976. The van der Waals surface area contributed by atoms with E-state index in [1.165, 1.54) is 17.9 Å². The minimum atomic E-state index is -4.41. The summed E-state index contributed by atoms with van der Waals surface area (Å²) in [7, 11) is -4.41. The standard InChI is InChI=1S/C13H17N4O7P/c1-3-16(7(2)25(22,23)24)6-8-4-9(17(20)21)5-10-11(8)15-13(19)12(18)14-10/h4-5,7H,3,6H2,1-2H3,(H,14,18)(H,15,19)(H2,22,23,24)/t7-/m1/s1. The third-order valence-electron chi connectivity index (χ3n) is 3.90. The molecule has 2 aromatic rings. The number of nitro benzene ring substituents is 1. The lowest BCUT2D eigenvalue weighted by molar-refractivity contribution is -0.384. The van der Waals surface area contributed by atoms with Crippen molar-refractivity contribution >= 4 is 24.3 Å². The summed E-state index contributed by atoms with van der Waals surface area (Å²) in [6.45, 7) is 3.21. The first-order chi connectivity index (χ1) is 11.5. The van der Waals surface area contributed by atoms with E-state index in [0.29, 0.717) is 0 Å². The first kappa shape index (κ1) is 19.0. The van der Waals surface area contributed by atoms with Crippen LogP contribution in [0.15, 0.2) is 21.7 Å². The van der Waals surface area contributed by atoms with Gasteiger partial charge in [-0.1, -0.05) is 6.92 Å². The number of hydrogen-bond acceptors (Lipinski definition) is 6. The third kappa shape index (κ3) is 4.02. The third-order valence-corrected chi connectivity index (χ3v) is 5.20. The quantitative estimate of drug-likeness (QED) is 0.245. The molecule has 25 heavy (non-hydrogen) atoms. The number of H-pyrrole nitrogens is 2. The van der Waals surface area contributed by atoms with Gasteiger partial charge in [-0.05, 0) is 19.0 Å². The summed E-state index contributed by atoms with van der Waals surface area (Å²) in [6.07, 6.45) is 0. The predicted octanol–water partition coefficient (Wildman–Crippen LogP) is 0.470. The molecule has 11 nitrogen and oxygen atoms in total. The summed E-state index contributed by atoms with van der Waals surface area (Å²) in [5.41, 5.74) is -1.69. The highest BCUT2D eigenvalue weighted by Gasteiger charge is 2.30. The SMILES string of the molecule is CCN(Cc1cc([N+](=O)[O-])cc2[nH]c(=O)c(=O)[nH]c12)[C@@H](C)P(=O)(O)O. The van der Waals surface area contributed by atoms with Gasteiger partial charge in [0, 0.05) is 18.7 Å². The van der Waals surface area contributed by atoms with Crippen LogP contribution in [0.5, 0.6) is 0 Å². The van der Waals surface area contributed by atoms with Crippen molar-refractivity contribution in [2.45, 2.75) is 26.2 Å². The molecule has 1 heterocycles. The van der Waals surface area contributed by atoms with E-state index in [4.69, 9.17) is 0 Å². The Balaban J connectivity index is 2.64. The summed E-state index contributed by atoms with van der Waals surface area (Å²) in [4.78, 5) is 58.2. The lowest BCUT2D eigenvalue weighted by atomic mass is 10.1. The Labute approximate surface area is 140 Å². The summed E-state index contributed by atoms with van der Waals surface area (Å²) in [5, 5.41) is 11.1. The van der Waals surface area contributed by atoms with Crippen LogP contribution >= 0.6 is 7.60 Å². The van der Waals surface area contributed by atoms with E-state index in [0.717, 1.165) is 6.07 Å². The Kier molecular flexibility index (Phi) is 5.23. The fourth-order valence-electron chi connectivity index (χ4n) is 2.45. The molecule has 0 radical (unpaired) electrons. The van der Waals surface area contributed by atoms with Crippen molar-refractivity contribution < 1.29 is 19.3 Å². The summed E-state index contributed by atoms with van der Waals surface area (Å²) < 4.78 is 11.5. The molecule has 0 aliphatic rings. The van der Waals surface area contributed by atoms with Gasteiger partial charge in [-0.2, -0.15) is 0 Å². The number of fused-ring (bicyclic) bond motifs is 1. The lowest BCUT2D eigenvalue weighted by Crippen LogP contribution is -2.33. The van der Waals surface area contributed by atoms with Crippen LogP contribution in [0.1, 0.15) is 19.4 Å². The molecule has 1 aromatic carbocycles. The first-order valence-electron chi connectivity index (χ1n) is 7.27. The molecule has 0 saturated heterocycles. The zero-order chi connectivity index (χ0) is 18.9. The molecule has 0 aliphatic carbocycles. The zero-order valence-electron chi connectivity index (χ0n) is 13.4. The first-order valence-corrected chi connectivity index (χ1v) is 8.95. The van der Waals surface area contributed by atoms with Crippen LogP contribution in [-0.4, -0.2) is 41.9 Å². The van der Waals surface area contributed by atoms with Gasteiger partial charge in [-0.15, -0.1) is 0 Å². The van der Waals surface area contributed by atoms with Gasteiger partial charge >= 0.3 is 18.7 Å². The lowest BCUT2D eigenvalue weighted by Gasteiger charge is -2.28. The van der Waals surface area contributed by atoms with Crippen LogP contribution in [0.2, 0.25) is 0 Å². The van der Waals surface area contributed by atoms with Crippen LogP contribution in [0, 0.1) is 10.1 Å². The number of rotatable bonds is 6. The molecular weight excluding hydrogens is 355 g/mol. The minimum absolute atomic E-state index is 0.0636. The normalized spacial score (nSPS) is 13.3. The average Bonchev–Trinajstić information content (AvgIpc) is 2.52. The smallest absolute Gasteiger partial charge is 0.323 e. The minimum Gasteiger partial charge on any atom is -0.323 e. The van der Waals surface area contributed by atoms with Gasteiger partial charge in [0.1, 0.15) is 5.78 Å². The molecule has 1 aromatic heterocycles. The van der Waals surface area contributed by atoms with Gasteiger partial charge in [-0.25, -0.2) is 0 Å². The van der Waals surface area contributed by atoms with E-state index in [1.54, 1.807) is 6.92 Å². The fraction of sp³-hybridized carbons (Fsp3) is 0.385. The van der Waals surface area contributed by atoms with E-state index < -0.39 is 29.4 Å². The average molecular weight is 372 g/mol. The molecule has 0 saturated carbocycles. The van der Waals surface area contributed by atoms with Gasteiger partial charge in [0.05, 0.1) is 16.0 Å². The Hall–Kier alpha value is -2.33. The van der Waals surface area contributed by atoms with Crippen LogP contribution in [0.25, 0.3) is 11.0 Å². The van der Waals surface area contributed by atoms with E-state index >= 15 is 0 Å². The Morgan fingerprint density at radius 3 is 2.40 bits per heavy atom. The van der Waals surface area contributed by atoms with Gasteiger partial charge in [0.2, 0.25) is 0 Å². The van der Waals surface area contributed by atoms with Crippen molar-refractivity contribution in [3.63, 3.8) is 0 Å². The molecule has 12 heteroatoms. The molecule has 0 aliphatic heterocycles. The van der Waals surface area contributed by atoms with Crippen LogP contribution in [0.3, 0.4) is 0 Å². The van der Waals surface area contributed by atoms with Crippen LogP contribution < -0.4 is 11.1 Å². The summed E-state index contributed by atoms with van der Waals surface area (Å²) in [5.74, 6) is -1.12. The molecule has 0 amide bonds. The number of nitro groups is 1. The molecule has 4 N–H and O–H groups in total. The number of nitrogens with one attached hydrogen (secondary N) is 2. The van der Waals surface area contributed by atoms with E-state index in [1.807, 2.05) is 0 Å². The monoisotopic (exact) mass is 372 g/mol. The van der Waals surface area contributed by atoms with Gasteiger partial charge in [0.15, 0.2) is 0 Å². The maximum atomic E-state index is 11.6. The van der Waals surface area contributed by atoms with E-state index in [-0.39, 0.29) is 35.4 Å². The fourth-order valence-corrected chi connectivity index (χ4v) is 3.12. The Morgan fingerprint density at radius 1 is 1.28 bits per heavy atom. The number of non-ortho nitro benzene ring substituents is 1. The van der Waals surface area contributed by atoms with E-state index in [9.17, 15) is 34.1 Å². The second-order valence-electron chi connectivity index (χ2n) is 5.48. The molecule has 1 atom stereocenters. The van der Waals surface area contributed by atoms with E-state index in [2.05, 4.69) is 9.97 Å². The number of aromatic nitrogens is 2. The predicted molar refractivity (Wildman–Crippen MR) is 89.4 cm³/mol. The summed E-state index contributed by atoms with van der Waals surface area (Å²) >= 11 is 0. The molecule has 0 spiro atoms. The molecule has 0 fully saturated rings. The molecular formula is C13H17N4O7P. The van der Waals surface area contributed by atoms with Crippen LogP contribution in [-0.2, 0) is 11.1 Å². The second kappa shape index (κ2) is 6.89. The number of benzene rings is 1. The van der Waals surface area contributed by atoms with Gasteiger partial charge in [0.25, 0.3) is 5.69 Å². The van der Waals surface area contributed by atoms with Crippen molar-refractivity contribution in [2.24, 2.45) is 0 Å². The molecule has 0 unspecified atom stereocenters. The van der Waals surface area contributed by atoms with Crippen molar-refractivity contribution in [1.29, 1.82) is 0 Å². The van der Waals surface area contributed by atoms with Crippen molar-refractivity contribution in [2.75, 3.05) is 6.54 Å². The molecule has 0 bridgehead atoms. The second-order valence-corrected chi connectivity index (χ2v) is 7.40. The molecule has 136 valence electrons. The maximum absolute atomic E-state index is 11.6. The maximum Gasteiger partial charge on any atom is 0.342 e. The Morgan fingerprint density at radius 2 is 1.88 bits per heavy atom. The zero-order valence-corrected chi connectivity index (χ0v) is 14.3. The highest BCUT2D eigenvalue weighted by molar-refractivity contribution is 7.52. The summed E-state index contributed by atoms with van der Waals surface area (Å²) in [6, 6.07) is 2.31. The highest BCUT2D eigenvalue weighted by Crippen LogP contribution is 2.43. The van der Waals surface area contributed by atoms with Crippen molar-refractivity contribution in [3.8, 4) is 0 Å². The molecule has 2 rings (SSSR count). The number of hydrogen-bond donors (Lipinski definition) is 4. The van der Waals surface area contributed by atoms with Crippen molar-refractivity contribution in [1.82, 2.24) is 14.9 Å². The number of aromatic amines is 2. The number of nitrogens with zero attached hydrogens (tertiary/aromatic N) is 2. The van der Waals surface area contributed by atoms with Crippen LogP contribution in [0.4, 0.5) is 5.69 Å². The van der Waals surface area contributed by atoms with Gasteiger partial charge < -0.3 is 19.8 Å². The largest absolute Gasteiger partial charge is 0.342 e. The van der Waals surface area contributed by atoms with Gasteiger partial charge in [-0.3, -0.25) is 29.2 Å².